The van der Waals surface area contributed by atoms with Gasteiger partial charge >= 0.3 is 0 Å². The molecule has 0 saturated carbocycles. The topological polar surface area (TPSA) is 66.4 Å². The number of hydrogen-bond donors (Lipinski definition) is 2. The molecule has 0 spiro atoms. The second-order valence-electron chi connectivity index (χ2n) is 4.55. The first-order valence-electron chi connectivity index (χ1n) is 5.07. The molecule has 1 aliphatic rings. The third-order valence-electron chi connectivity index (χ3n) is 2.89. The van der Waals surface area contributed by atoms with Crippen molar-refractivity contribution in [1.29, 1.82) is 0 Å². The molecule has 1 aromatic carbocycles. The van der Waals surface area contributed by atoms with Gasteiger partial charge in [0.2, 0.25) is 0 Å². The van der Waals surface area contributed by atoms with Crippen LogP contribution in [0.5, 0.6) is 0 Å². The standard InChI is InChI=1S/C12H13NO3/c1-12(2,6-14)8-5-3-4-7-9(8)11(16)13-10(7)15/h3-5,14H,6H2,1-2H3,(H,13,15,16). The van der Waals surface area contributed by atoms with Gasteiger partial charge < -0.3 is 5.11 Å². The number of aliphatic hydroxyl groups excluding tert-OH is 1. The fraction of sp³-hybridized carbons (Fsp3) is 0.333. The molecule has 84 valence electrons. The Hall–Kier alpha value is -1.68. The number of amides is 2. The van der Waals surface area contributed by atoms with E-state index in [4.69, 9.17) is 0 Å². The molecular formula is C12H13NO3. The fourth-order valence-electron chi connectivity index (χ4n) is 1.87. The summed E-state index contributed by atoms with van der Waals surface area (Å²) in [7, 11) is 0. The van der Waals surface area contributed by atoms with E-state index in [1.54, 1.807) is 18.2 Å². The average molecular weight is 219 g/mol. The average Bonchev–Trinajstić information content (AvgIpc) is 2.55. The molecule has 1 heterocycles. The minimum absolute atomic E-state index is 0.0784. The van der Waals surface area contributed by atoms with Crippen LogP contribution in [-0.2, 0) is 5.41 Å². The lowest BCUT2D eigenvalue weighted by molar-refractivity contribution is 0.0878. The van der Waals surface area contributed by atoms with Gasteiger partial charge in [-0.15, -0.1) is 0 Å². The van der Waals surface area contributed by atoms with Crippen molar-refractivity contribution in [2.45, 2.75) is 19.3 Å². The summed E-state index contributed by atoms with van der Waals surface area (Å²) in [5.41, 5.74) is 0.958. The number of carbonyl (C=O) groups excluding carboxylic acids is 2. The highest BCUT2D eigenvalue weighted by Crippen LogP contribution is 2.30. The maximum absolute atomic E-state index is 11.6. The Balaban J connectivity index is 2.67. The summed E-state index contributed by atoms with van der Waals surface area (Å²) in [4.78, 5) is 23.1. The highest BCUT2D eigenvalue weighted by atomic mass is 16.3. The van der Waals surface area contributed by atoms with Gasteiger partial charge in [-0.2, -0.15) is 0 Å². The van der Waals surface area contributed by atoms with Crippen molar-refractivity contribution < 1.29 is 14.7 Å². The van der Waals surface area contributed by atoms with Crippen LogP contribution in [0.25, 0.3) is 0 Å². The van der Waals surface area contributed by atoms with Crippen molar-refractivity contribution in [3.8, 4) is 0 Å². The van der Waals surface area contributed by atoms with Crippen molar-refractivity contribution in [3.05, 3.63) is 34.9 Å². The first-order valence-corrected chi connectivity index (χ1v) is 5.07. The zero-order chi connectivity index (χ0) is 11.9. The zero-order valence-electron chi connectivity index (χ0n) is 9.20. The molecule has 2 N–H and O–H groups in total. The molecule has 0 unspecified atom stereocenters. The van der Waals surface area contributed by atoms with Crippen LogP contribution in [0.4, 0.5) is 0 Å². The predicted molar refractivity (Wildman–Crippen MR) is 58.4 cm³/mol. The van der Waals surface area contributed by atoms with Crippen LogP contribution in [0.15, 0.2) is 18.2 Å². The van der Waals surface area contributed by atoms with Gasteiger partial charge in [-0.3, -0.25) is 14.9 Å². The van der Waals surface area contributed by atoms with E-state index in [9.17, 15) is 14.7 Å². The van der Waals surface area contributed by atoms with Gasteiger partial charge in [0.05, 0.1) is 17.7 Å². The number of rotatable bonds is 2. The second-order valence-corrected chi connectivity index (χ2v) is 4.55. The summed E-state index contributed by atoms with van der Waals surface area (Å²) in [6, 6.07) is 5.11. The van der Waals surface area contributed by atoms with Gasteiger partial charge in [0.25, 0.3) is 11.8 Å². The minimum atomic E-state index is -0.534. The molecule has 1 aliphatic heterocycles. The number of aliphatic hydroxyl groups is 1. The van der Waals surface area contributed by atoms with Crippen LogP contribution < -0.4 is 5.32 Å². The van der Waals surface area contributed by atoms with E-state index in [2.05, 4.69) is 5.32 Å². The molecule has 4 nitrogen and oxygen atoms in total. The first kappa shape index (κ1) is 10.8. The van der Waals surface area contributed by atoms with Crippen LogP contribution in [0.2, 0.25) is 0 Å². The molecule has 0 aliphatic carbocycles. The third-order valence-corrected chi connectivity index (χ3v) is 2.89. The van der Waals surface area contributed by atoms with Gasteiger partial charge in [-0.05, 0) is 11.6 Å². The van der Waals surface area contributed by atoms with Crippen LogP contribution in [0.3, 0.4) is 0 Å². The molecule has 0 fully saturated rings. The van der Waals surface area contributed by atoms with Crippen LogP contribution in [0.1, 0.15) is 40.1 Å². The van der Waals surface area contributed by atoms with E-state index in [0.717, 1.165) is 0 Å². The fourth-order valence-corrected chi connectivity index (χ4v) is 1.87. The predicted octanol–water partition coefficient (Wildman–Crippen LogP) is 0.840. The maximum atomic E-state index is 11.6. The molecule has 0 saturated heterocycles. The normalized spacial score (nSPS) is 14.9. The smallest absolute Gasteiger partial charge is 0.259 e. The van der Waals surface area contributed by atoms with E-state index in [1.165, 1.54) is 0 Å². The molecule has 0 aromatic heterocycles. The van der Waals surface area contributed by atoms with Gasteiger partial charge in [-0.25, -0.2) is 0 Å². The molecule has 0 atom stereocenters. The summed E-state index contributed by atoms with van der Waals surface area (Å²) in [5.74, 6) is -0.743. The quantitative estimate of drug-likeness (QED) is 0.724. The van der Waals surface area contributed by atoms with E-state index < -0.39 is 5.41 Å². The Morgan fingerprint density at radius 2 is 1.94 bits per heavy atom. The summed E-state index contributed by atoms with van der Waals surface area (Å²) >= 11 is 0. The van der Waals surface area contributed by atoms with Crippen molar-refractivity contribution in [2.24, 2.45) is 0 Å². The number of carbonyl (C=O) groups is 2. The lowest BCUT2D eigenvalue weighted by Gasteiger charge is -2.24. The highest BCUT2D eigenvalue weighted by Gasteiger charge is 2.34. The summed E-state index contributed by atoms with van der Waals surface area (Å²) in [5, 5.41) is 11.6. The van der Waals surface area contributed by atoms with Crippen LogP contribution in [0, 0.1) is 0 Å². The number of imide groups is 1. The number of hydrogen-bond acceptors (Lipinski definition) is 3. The summed E-state index contributed by atoms with van der Waals surface area (Å²) in [6.45, 7) is 3.59. The molecule has 2 rings (SSSR count). The van der Waals surface area contributed by atoms with Crippen molar-refractivity contribution in [3.63, 3.8) is 0 Å². The monoisotopic (exact) mass is 219 g/mol. The van der Waals surface area contributed by atoms with Gasteiger partial charge in [0.15, 0.2) is 0 Å². The number of nitrogens with one attached hydrogen (secondary N) is 1. The lowest BCUT2D eigenvalue weighted by Crippen LogP contribution is -2.26. The van der Waals surface area contributed by atoms with Gasteiger partial charge in [0.1, 0.15) is 0 Å². The molecule has 2 amide bonds. The second kappa shape index (κ2) is 3.42. The maximum Gasteiger partial charge on any atom is 0.259 e. The number of benzene rings is 1. The minimum Gasteiger partial charge on any atom is -0.395 e. The summed E-state index contributed by atoms with van der Waals surface area (Å²) < 4.78 is 0. The van der Waals surface area contributed by atoms with E-state index in [0.29, 0.717) is 16.7 Å². The Labute approximate surface area is 93.3 Å². The Morgan fingerprint density at radius 1 is 1.25 bits per heavy atom. The zero-order valence-corrected chi connectivity index (χ0v) is 9.20. The molecule has 0 bridgehead atoms. The largest absolute Gasteiger partial charge is 0.395 e. The van der Waals surface area contributed by atoms with Crippen molar-refractivity contribution in [1.82, 2.24) is 5.32 Å². The molecule has 1 aromatic rings. The summed E-state index contributed by atoms with van der Waals surface area (Å²) in [6.07, 6.45) is 0. The van der Waals surface area contributed by atoms with Crippen molar-refractivity contribution in [2.75, 3.05) is 6.61 Å². The van der Waals surface area contributed by atoms with E-state index >= 15 is 0 Å². The van der Waals surface area contributed by atoms with Gasteiger partial charge in [0, 0.05) is 5.41 Å². The lowest BCUT2D eigenvalue weighted by atomic mass is 9.81. The molecule has 16 heavy (non-hydrogen) atoms. The molecule has 4 heteroatoms. The Bertz CT molecular complexity index is 477. The van der Waals surface area contributed by atoms with E-state index in [-0.39, 0.29) is 18.4 Å². The SMILES string of the molecule is CC(C)(CO)c1cccc2c1C(=O)NC2=O. The Morgan fingerprint density at radius 3 is 2.56 bits per heavy atom. The highest BCUT2D eigenvalue weighted by molar-refractivity contribution is 6.22. The number of fused-ring (bicyclic) bond motifs is 1. The molecular weight excluding hydrogens is 206 g/mol. The Kier molecular flexibility index (Phi) is 2.31. The first-order chi connectivity index (χ1) is 7.47. The van der Waals surface area contributed by atoms with Crippen molar-refractivity contribution >= 4 is 11.8 Å². The molecule has 0 radical (unpaired) electrons. The third kappa shape index (κ3) is 1.42. The van der Waals surface area contributed by atoms with Crippen LogP contribution >= 0.6 is 0 Å². The van der Waals surface area contributed by atoms with Gasteiger partial charge in [-0.1, -0.05) is 26.0 Å². The van der Waals surface area contributed by atoms with Crippen LogP contribution in [-0.4, -0.2) is 23.5 Å². The van der Waals surface area contributed by atoms with E-state index in [1.807, 2.05) is 13.8 Å².